The SMILES string of the molecule is CCCCOC(=O)c1ccc(NC(=O)c2cc(OCC)c(OCC)c(OCC)c2)cc1. The Morgan fingerprint density at radius 1 is 0.806 bits per heavy atom. The van der Waals surface area contributed by atoms with Gasteiger partial charge in [0.05, 0.1) is 32.0 Å². The molecule has 0 aliphatic rings. The molecule has 0 aliphatic carbocycles. The van der Waals surface area contributed by atoms with Crippen LogP contribution >= 0.6 is 0 Å². The Morgan fingerprint density at radius 3 is 1.90 bits per heavy atom. The van der Waals surface area contributed by atoms with Gasteiger partial charge in [-0.15, -0.1) is 0 Å². The molecule has 0 saturated heterocycles. The molecule has 0 bridgehead atoms. The van der Waals surface area contributed by atoms with Crippen LogP contribution in [0.3, 0.4) is 0 Å². The smallest absolute Gasteiger partial charge is 0.338 e. The summed E-state index contributed by atoms with van der Waals surface area (Å²) in [7, 11) is 0. The van der Waals surface area contributed by atoms with Gasteiger partial charge in [0.2, 0.25) is 5.75 Å². The van der Waals surface area contributed by atoms with Crippen molar-refractivity contribution in [3.63, 3.8) is 0 Å². The number of amides is 1. The minimum absolute atomic E-state index is 0.330. The van der Waals surface area contributed by atoms with Gasteiger partial charge in [0.1, 0.15) is 0 Å². The first-order chi connectivity index (χ1) is 15.0. The molecular formula is C24H31NO6. The zero-order valence-corrected chi connectivity index (χ0v) is 18.7. The summed E-state index contributed by atoms with van der Waals surface area (Å²) in [5.41, 5.74) is 1.37. The van der Waals surface area contributed by atoms with Crippen LogP contribution < -0.4 is 19.5 Å². The highest BCUT2D eigenvalue weighted by Gasteiger charge is 2.18. The standard InChI is InChI=1S/C24H31NO6/c1-5-9-14-31-24(27)17-10-12-19(13-11-17)25-23(26)18-15-20(28-6-2)22(30-8-4)21(16-18)29-7-3/h10-13,15-16H,5-9,14H2,1-4H3,(H,25,26). The van der Waals surface area contributed by atoms with Crippen LogP contribution in [0.25, 0.3) is 0 Å². The lowest BCUT2D eigenvalue weighted by molar-refractivity contribution is 0.0499. The van der Waals surface area contributed by atoms with Crippen LogP contribution in [0, 0.1) is 0 Å². The number of benzene rings is 2. The third-order valence-corrected chi connectivity index (χ3v) is 4.28. The van der Waals surface area contributed by atoms with E-state index in [1.165, 1.54) is 0 Å². The molecule has 0 aromatic heterocycles. The topological polar surface area (TPSA) is 83.1 Å². The van der Waals surface area contributed by atoms with E-state index < -0.39 is 0 Å². The number of hydrogen-bond donors (Lipinski definition) is 1. The minimum Gasteiger partial charge on any atom is -0.490 e. The van der Waals surface area contributed by atoms with Crippen molar-refractivity contribution in [2.75, 3.05) is 31.7 Å². The van der Waals surface area contributed by atoms with Gasteiger partial charge in [0.25, 0.3) is 5.91 Å². The molecule has 0 saturated carbocycles. The lowest BCUT2D eigenvalue weighted by atomic mass is 10.1. The molecule has 0 atom stereocenters. The van der Waals surface area contributed by atoms with Crippen LogP contribution in [0.1, 0.15) is 61.3 Å². The second-order valence-corrected chi connectivity index (χ2v) is 6.62. The Morgan fingerprint density at radius 2 is 1.39 bits per heavy atom. The summed E-state index contributed by atoms with van der Waals surface area (Å²) in [6.07, 6.45) is 1.79. The number of hydrogen-bond acceptors (Lipinski definition) is 6. The zero-order valence-electron chi connectivity index (χ0n) is 18.7. The van der Waals surface area contributed by atoms with Gasteiger partial charge >= 0.3 is 5.97 Å². The van der Waals surface area contributed by atoms with Gasteiger partial charge in [0.15, 0.2) is 11.5 Å². The van der Waals surface area contributed by atoms with Gasteiger partial charge in [-0.3, -0.25) is 4.79 Å². The number of carbonyl (C=O) groups excluding carboxylic acids is 2. The van der Waals surface area contributed by atoms with E-state index in [9.17, 15) is 9.59 Å². The molecule has 1 amide bonds. The average molecular weight is 430 g/mol. The van der Waals surface area contributed by atoms with Gasteiger partial charge in [-0.25, -0.2) is 4.79 Å². The van der Waals surface area contributed by atoms with Gasteiger partial charge in [-0.2, -0.15) is 0 Å². The van der Waals surface area contributed by atoms with E-state index in [4.69, 9.17) is 18.9 Å². The number of ether oxygens (including phenoxy) is 4. The van der Waals surface area contributed by atoms with E-state index in [1.54, 1.807) is 36.4 Å². The van der Waals surface area contributed by atoms with Crippen LogP contribution in [0.4, 0.5) is 5.69 Å². The summed E-state index contributed by atoms with van der Waals surface area (Å²) in [4.78, 5) is 24.8. The van der Waals surface area contributed by atoms with E-state index in [2.05, 4.69) is 5.32 Å². The van der Waals surface area contributed by atoms with Gasteiger partial charge in [-0.1, -0.05) is 13.3 Å². The number of esters is 1. The number of carbonyl (C=O) groups is 2. The summed E-state index contributed by atoms with van der Waals surface area (Å²) >= 11 is 0. The Bertz CT molecular complexity index is 836. The molecular weight excluding hydrogens is 398 g/mol. The zero-order chi connectivity index (χ0) is 22.6. The summed E-state index contributed by atoms with van der Waals surface area (Å²) in [6, 6.07) is 9.84. The molecule has 168 valence electrons. The number of nitrogens with one attached hydrogen (secondary N) is 1. The van der Waals surface area contributed by atoms with Crippen molar-refractivity contribution in [3.05, 3.63) is 47.5 Å². The summed E-state index contributed by atoms with van der Waals surface area (Å²) in [5.74, 6) is 0.675. The summed E-state index contributed by atoms with van der Waals surface area (Å²) in [5, 5.41) is 2.82. The van der Waals surface area contributed by atoms with Gasteiger partial charge < -0.3 is 24.3 Å². The van der Waals surface area contributed by atoms with Crippen molar-refractivity contribution < 1.29 is 28.5 Å². The molecule has 0 aliphatic heterocycles. The van der Waals surface area contributed by atoms with Crippen LogP contribution in [-0.4, -0.2) is 38.3 Å². The highest BCUT2D eigenvalue weighted by atomic mass is 16.5. The first kappa shape index (κ1) is 24.1. The maximum absolute atomic E-state index is 12.8. The van der Waals surface area contributed by atoms with E-state index in [0.717, 1.165) is 12.8 Å². The van der Waals surface area contributed by atoms with Crippen molar-refractivity contribution >= 4 is 17.6 Å². The normalized spacial score (nSPS) is 10.3. The third kappa shape index (κ3) is 6.91. The first-order valence-electron chi connectivity index (χ1n) is 10.7. The van der Waals surface area contributed by atoms with E-state index >= 15 is 0 Å². The predicted molar refractivity (Wildman–Crippen MR) is 120 cm³/mol. The Labute approximate surface area is 183 Å². The number of unbranched alkanes of at least 4 members (excludes halogenated alkanes) is 1. The fraction of sp³-hybridized carbons (Fsp3) is 0.417. The maximum Gasteiger partial charge on any atom is 0.338 e. The molecule has 2 rings (SSSR count). The highest BCUT2D eigenvalue weighted by Crippen LogP contribution is 2.39. The lowest BCUT2D eigenvalue weighted by Crippen LogP contribution is -2.13. The number of anilines is 1. The Hall–Kier alpha value is -3.22. The maximum atomic E-state index is 12.8. The molecule has 0 radical (unpaired) electrons. The van der Waals surface area contributed by atoms with Crippen molar-refractivity contribution in [2.45, 2.75) is 40.5 Å². The largest absolute Gasteiger partial charge is 0.490 e. The lowest BCUT2D eigenvalue weighted by Gasteiger charge is -2.17. The average Bonchev–Trinajstić information content (AvgIpc) is 2.76. The fourth-order valence-corrected chi connectivity index (χ4v) is 2.81. The van der Waals surface area contributed by atoms with Crippen molar-refractivity contribution in [1.82, 2.24) is 0 Å². The molecule has 0 fully saturated rings. The van der Waals surface area contributed by atoms with Gasteiger partial charge in [-0.05, 0) is 63.6 Å². The molecule has 1 N–H and O–H groups in total. The summed E-state index contributed by atoms with van der Waals surface area (Å²) < 4.78 is 22.2. The van der Waals surface area contributed by atoms with Crippen molar-refractivity contribution in [2.24, 2.45) is 0 Å². The highest BCUT2D eigenvalue weighted by molar-refractivity contribution is 6.05. The van der Waals surface area contributed by atoms with E-state index in [-0.39, 0.29) is 11.9 Å². The molecule has 31 heavy (non-hydrogen) atoms. The van der Waals surface area contributed by atoms with Crippen molar-refractivity contribution in [3.8, 4) is 17.2 Å². The van der Waals surface area contributed by atoms with E-state index in [1.807, 2.05) is 27.7 Å². The molecule has 2 aromatic carbocycles. The Balaban J connectivity index is 2.17. The third-order valence-electron chi connectivity index (χ3n) is 4.28. The summed E-state index contributed by atoms with van der Waals surface area (Å²) in [6.45, 7) is 9.31. The molecule has 7 heteroatoms. The van der Waals surface area contributed by atoms with Crippen LogP contribution in [0.5, 0.6) is 17.2 Å². The molecule has 7 nitrogen and oxygen atoms in total. The number of rotatable bonds is 12. The first-order valence-corrected chi connectivity index (χ1v) is 10.7. The molecule has 0 heterocycles. The van der Waals surface area contributed by atoms with Crippen LogP contribution in [-0.2, 0) is 4.74 Å². The van der Waals surface area contributed by atoms with E-state index in [0.29, 0.717) is 60.5 Å². The Kier molecular flexibility index (Phi) is 9.68. The van der Waals surface area contributed by atoms with Crippen LogP contribution in [0.2, 0.25) is 0 Å². The minimum atomic E-state index is -0.374. The second kappa shape index (κ2) is 12.5. The molecule has 0 unspecified atom stereocenters. The monoisotopic (exact) mass is 429 g/mol. The van der Waals surface area contributed by atoms with Crippen LogP contribution in [0.15, 0.2) is 36.4 Å². The quantitative estimate of drug-likeness (QED) is 0.374. The molecule has 0 spiro atoms. The second-order valence-electron chi connectivity index (χ2n) is 6.62. The fourth-order valence-electron chi connectivity index (χ4n) is 2.81. The predicted octanol–water partition coefficient (Wildman–Crippen LogP) is 5.09. The van der Waals surface area contributed by atoms with Gasteiger partial charge in [0, 0.05) is 11.3 Å². The van der Waals surface area contributed by atoms with Crippen molar-refractivity contribution in [1.29, 1.82) is 0 Å². The molecule has 2 aromatic rings.